The minimum atomic E-state index is 0.00154. The molecular formula is C15H13Cl2N3O. The van der Waals surface area contributed by atoms with Gasteiger partial charge in [0.25, 0.3) is 0 Å². The fourth-order valence-electron chi connectivity index (χ4n) is 2.38. The maximum atomic E-state index is 9.32. The molecule has 1 aromatic heterocycles. The number of hydrogen-bond acceptors (Lipinski definition) is 3. The van der Waals surface area contributed by atoms with E-state index in [2.05, 4.69) is 4.98 Å². The number of rotatable bonds is 3. The number of fused-ring (bicyclic) bond motifs is 1. The maximum Gasteiger partial charge on any atom is 0.143 e. The summed E-state index contributed by atoms with van der Waals surface area (Å²) in [6.07, 6.45) is 0. The Kier molecular flexibility index (Phi) is 3.76. The van der Waals surface area contributed by atoms with Crippen molar-refractivity contribution in [2.24, 2.45) is 0 Å². The zero-order valence-electron chi connectivity index (χ0n) is 11.1. The molecule has 0 bridgehead atoms. The van der Waals surface area contributed by atoms with Gasteiger partial charge in [0.15, 0.2) is 0 Å². The van der Waals surface area contributed by atoms with Gasteiger partial charge in [0.05, 0.1) is 28.4 Å². The van der Waals surface area contributed by atoms with E-state index in [9.17, 15) is 5.11 Å². The number of anilines is 1. The van der Waals surface area contributed by atoms with E-state index in [1.165, 1.54) is 0 Å². The van der Waals surface area contributed by atoms with Crippen LogP contribution in [0.25, 0.3) is 22.4 Å². The summed E-state index contributed by atoms with van der Waals surface area (Å²) < 4.78 is 1.91. The van der Waals surface area contributed by atoms with Crippen LogP contribution in [-0.2, 0) is 6.54 Å². The van der Waals surface area contributed by atoms with E-state index < -0.39 is 0 Å². The Morgan fingerprint density at radius 2 is 1.95 bits per heavy atom. The minimum absolute atomic E-state index is 0.00154. The van der Waals surface area contributed by atoms with Gasteiger partial charge in [-0.05, 0) is 24.3 Å². The van der Waals surface area contributed by atoms with Gasteiger partial charge in [-0.2, -0.15) is 0 Å². The van der Waals surface area contributed by atoms with Gasteiger partial charge >= 0.3 is 0 Å². The fourth-order valence-corrected chi connectivity index (χ4v) is 2.87. The van der Waals surface area contributed by atoms with Crippen molar-refractivity contribution in [3.63, 3.8) is 0 Å². The average molecular weight is 322 g/mol. The second-order valence-corrected chi connectivity index (χ2v) is 5.49. The largest absolute Gasteiger partial charge is 0.397 e. The molecule has 2 aromatic carbocycles. The molecule has 0 aliphatic rings. The highest BCUT2D eigenvalue weighted by molar-refractivity contribution is 6.37. The molecule has 3 N–H and O–H groups in total. The lowest BCUT2D eigenvalue weighted by Gasteiger charge is -2.11. The molecule has 4 nitrogen and oxygen atoms in total. The summed E-state index contributed by atoms with van der Waals surface area (Å²) in [6, 6.07) is 11.0. The van der Waals surface area contributed by atoms with E-state index in [1.54, 1.807) is 12.1 Å². The molecule has 0 amide bonds. The molecule has 0 spiro atoms. The Balaban J connectivity index is 2.32. The number of aromatic nitrogens is 2. The lowest BCUT2D eigenvalue weighted by molar-refractivity contribution is 0.278. The van der Waals surface area contributed by atoms with Gasteiger partial charge in [-0.1, -0.05) is 35.3 Å². The van der Waals surface area contributed by atoms with Crippen LogP contribution in [0.4, 0.5) is 5.69 Å². The molecule has 0 unspecified atom stereocenters. The van der Waals surface area contributed by atoms with Crippen LogP contribution < -0.4 is 5.73 Å². The van der Waals surface area contributed by atoms with Crippen LogP contribution in [0.3, 0.4) is 0 Å². The highest BCUT2D eigenvalue weighted by Crippen LogP contribution is 2.35. The molecule has 21 heavy (non-hydrogen) atoms. The minimum Gasteiger partial charge on any atom is -0.397 e. The van der Waals surface area contributed by atoms with Crippen molar-refractivity contribution >= 4 is 39.9 Å². The first-order valence-corrected chi connectivity index (χ1v) is 7.18. The van der Waals surface area contributed by atoms with Gasteiger partial charge < -0.3 is 15.4 Å². The van der Waals surface area contributed by atoms with Crippen LogP contribution >= 0.6 is 23.2 Å². The normalized spacial score (nSPS) is 11.2. The Hall–Kier alpha value is -1.75. The summed E-state index contributed by atoms with van der Waals surface area (Å²) in [5, 5.41) is 10.2. The van der Waals surface area contributed by atoms with Crippen molar-refractivity contribution in [2.45, 2.75) is 6.54 Å². The number of nitrogens with two attached hydrogens (primary N) is 1. The molecule has 108 valence electrons. The molecule has 0 saturated carbocycles. The first kappa shape index (κ1) is 14.2. The van der Waals surface area contributed by atoms with E-state index in [4.69, 9.17) is 28.9 Å². The molecule has 3 rings (SSSR count). The number of halogens is 2. The smallest absolute Gasteiger partial charge is 0.143 e. The molecule has 0 aliphatic carbocycles. The second-order valence-electron chi connectivity index (χ2n) is 4.65. The van der Waals surface area contributed by atoms with Gasteiger partial charge in [0.1, 0.15) is 5.82 Å². The number of para-hydroxylation sites is 2. The summed E-state index contributed by atoms with van der Waals surface area (Å²) >= 11 is 12.2. The van der Waals surface area contributed by atoms with E-state index in [0.717, 1.165) is 11.0 Å². The van der Waals surface area contributed by atoms with Crippen LogP contribution in [0.1, 0.15) is 0 Å². The van der Waals surface area contributed by atoms with Crippen molar-refractivity contribution in [1.29, 1.82) is 0 Å². The predicted octanol–water partition coefficient (Wildman–Crippen LogP) is 3.58. The number of imidazole rings is 1. The highest BCUT2D eigenvalue weighted by atomic mass is 35.5. The third kappa shape index (κ3) is 2.46. The number of benzene rings is 2. The van der Waals surface area contributed by atoms with Crippen molar-refractivity contribution < 1.29 is 5.11 Å². The second kappa shape index (κ2) is 5.56. The SMILES string of the molecule is Nc1c(Cl)cc(Cl)cc1-c1nc2ccccc2n1CCO. The summed E-state index contributed by atoms with van der Waals surface area (Å²) in [6.45, 7) is 0.418. The zero-order valence-corrected chi connectivity index (χ0v) is 12.6. The zero-order chi connectivity index (χ0) is 15.0. The lowest BCUT2D eigenvalue weighted by Crippen LogP contribution is -2.05. The quantitative estimate of drug-likeness (QED) is 0.724. The van der Waals surface area contributed by atoms with Gasteiger partial charge in [0, 0.05) is 17.1 Å². The van der Waals surface area contributed by atoms with E-state index >= 15 is 0 Å². The topological polar surface area (TPSA) is 64.1 Å². The van der Waals surface area contributed by atoms with Gasteiger partial charge in [0.2, 0.25) is 0 Å². The molecular weight excluding hydrogens is 309 g/mol. The fraction of sp³-hybridized carbons (Fsp3) is 0.133. The van der Waals surface area contributed by atoms with Crippen LogP contribution in [-0.4, -0.2) is 21.3 Å². The standard InChI is InChI=1S/C15H13Cl2N3O/c16-9-7-10(14(18)11(17)8-9)15-19-12-3-1-2-4-13(12)20(15)5-6-21/h1-4,7-8,21H,5-6,18H2. The molecule has 0 radical (unpaired) electrons. The Morgan fingerprint density at radius 3 is 2.71 bits per heavy atom. The van der Waals surface area contributed by atoms with Crippen LogP contribution in [0.2, 0.25) is 10.0 Å². The number of aliphatic hydroxyl groups excluding tert-OH is 1. The monoisotopic (exact) mass is 321 g/mol. The molecule has 1 heterocycles. The third-order valence-corrected chi connectivity index (χ3v) is 3.84. The van der Waals surface area contributed by atoms with Crippen molar-refractivity contribution in [1.82, 2.24) is 9.55 Å². The summed E-state index contributed by atoms with van der Waals surface area (Å²) in [4.78, 5) is 4.60. The van der Waals surface area contributed by atoms with Crippen molar-refractivity contribution in [3.8, 4) is 11.4 Å². The van der Waals surface area contributed by atoms with Crippen molar-refractivity contribution in [2.75, 3.05) is 12.3 Å². The van der Waals surface area contributed by atoms with Crippen molar-refractivity contribution in [3.05, 3.63) is 46.4 Å². The van der Waals surface area contributed by atoms with Gasteiger partial charge in [-0.3, -0.25) is 0 Å². The number of nitrogens with zero attached hydrogens (tertiary/aromatic N) is 2. The van der Waals surface area contributed by atoms with E-state index in [1.807, 2.05) is 28.8 Å². The highest BCUT2D eigenvalue weighted by Gasteiger charge is 2.16. The molecule has 3 aromatic rings. The Labute approximate surface area is 131 Å². The molecule has 0 atom stereocenters. The molecule has 0 fully saturated rings. The van der Waals surface area contributed by atoms with Gasteiger partial charge in [-0.15, -0.1) is 0 Å². The third-order valence-electron chi connectivity index (χ3n) is 3.31. The maximum absolute atomic E-state index is 9.32. The first-order valence-electron chi connectivity index (χ1n) is 6.43. The predicted molar refractivity (Wildman–Crippen MR) is 86.7 cm³/mol. The molecule has 0 aliphatic heterocycles. The van der Waals surface area contributed by atoms with Crippen LogP contribution in [0.15, 0.2) is 36.4 Å². The summed E-state index contributed by atoms with van der Waals surface area (Å²) in [5.74, 6) is 0.646. The average Bonchev–Trinajstić information content (AvgIpc) is 2.82. The van der Waals surface area contributed by atoms with Gasteiger partial charge in [-0.25, -0.2) is 4.98 Å². The number of nitrogen functional groups attached to an aromatic ring is 1. The Bertz CT molecular complexity index is 814. The van der Waals surface area contributed by atoms with E-state index in [0.29, 0.717) is 33.7 Å². The molecule has 0 saturated heterocycles. The van der Waals surface area contributed by atoms with E-state index in [-0.39, 0.29) is 6.61 Å². The Morgan fingerprint density at radius 1 is 1.19 bits per heavy atom. The first-order chi connectivity index (χ1) is 10.1. The number of aliphatic hydroxyl groups is 1. The lowest BCUT2D eigenvalue weighted by atomic mass is 10.1. The van der Waals surface area contributed by atoms with Crippen LogP contribution in [0.5, 0.6) is 0 Å². The summed E-state index contributed by atoms with van der Waals surface area (Å²) in [5.41, 5.74) is 8.91. The molecule has 6 heteroatoms. The number of hydrogen-bond donors (Lipinski definition) is 2. The summed E-state index contributed by atoms with van der Waals surface area (Å²) in [7, 11) is 0. The van der Waals surface area contributed by atoms with Crippen LogP contribution in [0, 0.1) is 0 Å².